The van der Waals surface area contributed by atoms with Gasteiger partial charge >= 0.3 is 0 Å². The number of ketones is 1. The van der Waals surface area contributed by atoms with Crippen molar-refractivity contribution in [2.75, 3.05) is 38.0 Å². The van der Waals surface area contributed by atoms with Crippen LogP contribution in [0.25, 0.3) is 0 Å². The third-order valence-electron chi connectivity index (χ3n) is 3.75. The Morgan fingerprint density at radius 1 is 0.826 bits per heavy atom. The molecule has 0 saturated carbocycles. The van der Waals surface area contributed by atoms with Crippen LogP contribution in [-0.4, -0.2) is 34.0 Å². The van der Waals surface area contributed by atoms with E-state index in [4.69, 9.17) is 0 Å². The van der Waals surface area contributed by atoms with Crippen LogP contribution in [0.5, 0.6) is 0 Å². The first-order valence-electron chi connectivity index (χ1n) is 7.35. The van der Waals surface area contributed by atoms with Gasteiger partial charge in [-0.1, -0.05) is 17.3 Å². The summed E-state index contributed by atoms with van der Waals surface area (Å²) in [5, 5.41) is 3.04. The van der Waals surface area contributed by atoms with E-state index in [1.54, 1.807) is 24.3 Å². The van der Waals surface area contributed by atoms with Crippen molar-refractivity contribution in [1.29, 1.82) is 0 Å². The molecule has 0 aromatic heterocycles. The average molecular weight is 311 g/mol. The van der Waals surface area contributed by atoms with Gasteiger partial charge in [-0.05, 0) is 42.0 Å². The first kappa shape index (κ1) is 16.7. The number of nitroso groups, excluding NO2 is 1. The lowest BCUT2D eigenvalue weighted by Gasteiger charge is -2.15. The van der Waals surface area contributed by atoms with Crippen LogP contribution in [-0.2, 0) is 0 Å². The number of carbonyl (C=O) groups excluding carboxylic acids is 1. The quantitative estimate of drug-likeness (QED) is 0.605. The van der Waals surface area contributed by atoms with Gasteiger partial charge in [-0.25, -0.2) is 0 Å². The number of anilines is 2. The van der Waals surface area contributed by atoms with Crippen molar-refractivity contribution >= 4 is 17.2 Å². The van der Waals surface area contributed by atoms with E-state index in [0.29, 0.717) is 11.1 Å². The van der Waals surface area contributed by atoms with Crippen LogP contribution in [0.1, 0.15) is 22.0 Å². The van der Waals surface area contributed by atoms with E-state index in [9.17, 15) is 9.70 Å². The van der Waals surface area contributed by atoms with E-state index < -0.39 is 6.04 Å². The fraction of sp³-hybridized carbons (Fsp3) is 0.278. The number of hydrogen-bond acceptors (Lipinski definition) is 5. The molecule has 120 valence electrons. The Morgan fingerprint density at radius 2 is 1.26 bits per heavy atom. The number of hydrogen-bond donors (Lipinski definition) is 0. The molecule has 0 bridgehead atoms. The van der Waals surface area contributed by atoms with Crippen molar-refractivity contribution in [3.63, 3.8) is 0 Å². The highest BCUT2D eigenvalue weighted by atomic mass is 16.3. The second-order valence-corrected chi connectivity index (χ2v) is 5.80. The summed E-state index contributed by atoms with van der Waals surface area (Å²) < 4.78 is 0. The van der Waals surface area contributed by atoms with Gasteiger partial charge < -0.3 is 9.80 Å². The lowest BCUT2D eigenvalue weighted by molar-refractivity contribution is 0.0962. The molecule has 0 saturated heterocycles. The highest BCUT2D eigenvalue weighted by Crippen LogP contribution is 2.25. The van der Waals surface area contributed by atoms with E-state index in [0.717, 1.165) is 11.4 Å². The molecule has 0 spiro atoms. The monoisotopic (exact) mass is 311 g/mol. The molecule has 0 radical (unpaired) electrons. The van der Waals surface area contributed by atoms with Crippen LogP contribution in [0, 0.1) is 4.91 Å². The summed E-state index contributed by atoms with van der Waals surface area (Å²) in [6.07, 6.45) is 0. The zero-order chi connectivity index (χ0) is 17.0. The van der Waals surface area contributed by atoms with Crippen LogP contribution in [0.2, 0.25) is 0 Å². The van der Waals surface area contributed by atoms with Gasteiger partial charge in [0.1, 0.15) is 0 Å². The minimum absolute atomic E-state index is 0.289. The summed E-state index contributed by atoms with van der Waals surface area (Å²) in [7, 11) is 7.72. The van der Waals surface area contributed by atoms with Crippen LogP contribution in [0.4, 0.5) is 11.4 Å². The van der Waals surface area contributed by atoms with E-state index in [-0.39, 0.29) is 5.78 Å². The van der Waals surface area contributed by atoms with E-state index in [2.05, 4.69) is 5.18 Å². The van der Waals surface area contributed by atoms with E-state index in [1.807, 2.05) is 62.3 Å². The van der Waals surface area contributed by atoms with E-state index in [1.165, 1.54) is 0 Å². The average Bonchev–Trinajstić information content (AvgIpc) is 2.56. The maximum Gasteiger partial charge on any atom is 0.195 e. The maximum atomic E-state index is 12.6. The standard InChI is InChI=1S/C18H21N3O2/c1-20(2)15-9-5-13(6-10-15)17(19-23)18(22)14-7-11-16(12-8-14)21(3)4/h5-12,17H,1-4H3. The summed E-state index contributed by atoms with van der Waals surface area (Å²) in [6, 6.07) is 13.4. The number of benzene rings is 2. The Labute approximate surface area is 136 Å². The summed E-state index contributed by atoms with van der Waals surface area (Å²) in [4.78, 5) is 27.7. The zero-order valence-corrected chi connectivity index (χ0v) is 13.9. The van der Waals surface area contributed by atoms with Gasteiger partial charge in [-0.2, -0.15) is 0 Å². The molecule has 1 unspecified atom stereocenters. The van der Waals surface area contributed by atoms with Crippen LogP contribution in [0.15, 0.2) is 53.7 Å². The normalized spacial score (nSPS) is 11.7. The van der Waals surface area contributed by atoms with Gasteiger partial charge in [0.05, 0.1) is 0 Å². The second-order valence-electron chi connectivity index (χ2n) is 5.80. The summed E-state index contributed by atoms with van der Waals surface area (Å²) in [5.41, 5.74) is 3.08. The molecule has 0 amide bonds. The molecule has 1 atom stereocenters. The molecule has 2 aromatic rings. The molecule has 0 fully saturated rings. The SMILES string of the molecule is CN(C)c1ccc(C(=O)C(N=O)c2ccc(N(C)C)cc2)cc1. The molecule has 5 heteroatoms. The van der Waals surface area contributed by atoms with Crippen molar-refractivity contribution in [3.05, 3.63) is 64.6 Å². The maximum absolute atomic E-state index is 12.6. The summed E-state index contributed by atoms with van der Waals surface area (Å²) >= 11 is 0. The molecule has 0 aliphatic heterocycles. The zero-order valence-electron chi connectivity index (χ0n) is 13.9. The van der Waals surface area contributed by atoms with Gasteiger partial charge in [-0.15, -0.1) is 4.91 Å². The van der Waals surface area contributed by atoms with E-state index >= 15 is 0 Å². The molecule has 23 heavy (non-hydrogen) atoms. The van der Waals surface area contributed by atoms with Crippen molar-refractivity contribution in [2.24, 2.45) is 5.18 Å². The summed E-state index contributed by atoms with van der Waals surface area (Å²) in [6.45, 7) is 0. The first-order valence-corrected chi connectivity index (χ1v) is 7.35. The van der Waals surface area contributed by atoms with Crippen molar-refractivity contribution in [1.82, 2.24) is 0 Å². The Kier molecular flexibility index (Phi) is 5.11. The van der Waals surface area contributed by atoms with Crippen LogP contribution >= 0.6 is 0 Å². The van der Waals surface area contributed by atoms with Crippen molar-refractivity contribution in [3.8, 4) is 0 Å². The molecule has 0 heterocycles. The predicted octanol–water partition coefficient (Wildman–Crippen LogP) is 3.51. The highest BCUT2D eigenvalue weighted by Gasteiger charge is 2.23. The minimum atomic E-state index is -1.02. The third-order valence-corrected chi connectivity index (χ3v) is 3.75. The molecular weight excluding hydrogens is 290 g/mol. The molecule has 2 aromatic carbocycles. The number of Topliss-reactive ketones (excluding diaryl/α,β-unsaturated/α-hetero) is 1. The molecule has 5 nitrogen and oxygen atoms in total. The topological polar surface area (TPSA) is 53.0 Å². The van der Waals surface area contributed by atoms with Crippen molar-refractivity contribution in [2.45, 2.75) is 6.04 Å². The third kappa shape index (κ3) is 3.74. The van der Waals surface area contributed by atoms with Crippen LogP contribution in [0.3, 0.4) is 0 Å². The lowest BCUT2D eigenvalue weighted by atomic mass is 9.97. The number of carbonyl (C=O) groups is 1. The fourth-order valence-electron chi connectivity index (χ4n) is 2.30. The van der Waals surface area contributed by atoms with Crippen LogP contribution < -0.4 is 9.80 Å². The van der Waals surface area contributed by atoms with Gasteiger partial charge in [0.15, 0.2) is 11.8 Å². The summed E-state index contributed by atoms with van der Waals surface area (Å²) in [5.74, 6) is -0.289. The van der Waals surface area contributed by atoms with Gasteiger partial charge in [-0.3, -0.25) is 4.79 Å². The molecular formula is C18H21N3O2. The first-order chi connectivity index (χ1) is 10.9. The lowest BCUT2D eigenvalue weighted by Crippen LogP contribution is -2.13. The van der Waals surface area contributed by atoms with Gasteiger partial charge in [0.25, 0.3) is 0 Å². The number of rotatable bonds is 6. The Bertz CT molecular complexity index is 676. The number of nitrogens with zero attached hydrogens (tertiary/aromatic N) is 3. The van der Waals surface area contributed by atoms with Gasteiger partial charge in [0, 0.05) is 45.1 Å². The molecule has 0 aliphatic rings. The molecule has 2 rings (SSSR count). The Hall–Kier alpha value is -2.69. The highest BCUT2D eigenvalue weighted by molar-refractivity contribution is 6.01. The largest absolute Gasteiger partial charge is 0.378 e. The minimum Gasteiger partial charge on any atom is -0.378 e. The smallest absolute Gasteiger partial charge is 0.195 e. The Morgan fingerprint density at radius 3 is 1.65 bits per heavy atom. The predicted molar refractivity (Wildman–Crippen MR) is 94.4 cm³/mol. The fourth-order valence-corrected chi connectivity index (χ4v) is 2.30. The Balaban J connectivity index is 2.25. The van der Waals surface area contributed by atoms with Crippen molar-refractivity contribution < 1.29 is 4.79 Å². The molecule has 0 aliphatic carbocycles. The molecule has 0 N–H and O–H groups in total. The van der Waals surface area contributed by atoms with Gasteiger partial charge in [0.2, 0.25) is 0 Å². The second kappa shape index (κ2) is 7.05.